The minimum Gasteiger partial charge on any atom is -0.379 e. The number of aryl methyl sites for hydroxylation is 1. The number of benzene rings is 2. The zero-order valence-electron chi connectivity index (χ0n) is 19.0. The molecule has 0 aromatic heterocycles. The minimum absolute atomic E-state index is 0.0365. The molecular formula is C24H31N3O5S. The summed E-state index contributed by atoms with van der Waals surface area (Å²) in [6.45, 7) is 5.36. The lowest BCUT2D eigenvalue weighted by Crippen LogP contribution is -2.40. The van der Waals surface area contributed by atoms with E-state index in [0.717, 1.165) is 11.1 Å². The Morgan fingerprint density at radius 2 is 1.55 bits per heavy atom. The summed E-state index contributed by atoms with van der Waals surface area (Å²) in [5.41, 5.74) is 2.43. The Bertz CT molecular complexity index is 1040. The molecule has 0 saturated carbocycles. The number of nitrogens with one attached hydrogen (secondary N) is 2. The van der Waals surface area contributed by atoms with Crippen LogP contribution >= 0.6 is 0 Å². The maximum Gasteiger partial charge on any atom is 0.243 e. The molecule has 178 valence electrons. The molecule has 1 aliphatic rings. The highest BCUT2D eigenvalue weighted by Gasteiger charge is 2.26. The van der Waals surface area contributed by atoms with Gasteiger partial charge in [0.05, 0.1) is 24.5 Å². The lowest BCUT2D eigenvalue weighted by Gasteiger charge is -2.26. The van der Waals surface area contributed by atoms with Gasteiger partial charge in [0, 0.05) is 31.2 Å². The molecule has 0 bridgehead atoms. The van der Waals surface area contributed by atoms with Gasteiger partial charge in [-0.05, 0) is 55.7 Å². The maximum absolute atomic E-state index is 12.7. The van der Waals surface area contributed by atoms with Gasteiger partial charge in [-0.15, -0.1) is 0 Å². The highest BCUT2D eigenvalue weighted by atomic mass is 32.2. The maximum atomic E-state index is 12.7. The van der Waals surface area contributed by atoms with E-state index in [0.29, 0.717) is 44.8 Å². The first-order valence-corrected chi connectivity index (χ1v) is 12.5. The van der Waals surface area contributed by atoms with Crippen molar-refractivity contribution in [3.8, 4) is 0 Å². The lowest BCUT2D eigenvalue weighted by atomic mass is 10.1. The second kappa shape index (κ2) is 11.4. The molecule has 33 heavy (non-hydrogen) atoms. The molecule has 1 saturated heterocycles. The van der Waals surface area contributed by atoms with Crippen molar-refractivity contribution >= 4 is 27.5 Å². The number of anilines is 1. The van der Waals surface area contributed by atoms with Gasteiger partial charge in [-0.2, -0.15) is 4.31 Å². The third-order valence-corrected chi connectivity index (χ3v) is 7.14. The Kier molecular flexibility index (Phi) is 8.60. The van der Waals surface area contributed by atoms with Crippen molar-refractivity contribution in [1.29, 1.82) is 0 Å². The molecule has 2 aromatic rings. The highest BCUT2D eigenvalue weighted by molar-refractivity contribution is 7.89. The van der Waals surface area contributed by atoms with Gasteiger partial charge in [0.1, 0.15) is 0 Å². The fourth-order valence-corrected chi connectivity index (χ4v) is 4.92. The molecule has 2 aromatic carbocycles. The standard InChI is InChI=1S/C24H31N3O5S/c1-18(2)25-24(29)17-20-3-8-21(9-4-20)26-23(28)12-7-19-5-10-22(11-6-19)33(30,31)27-13-15-32-16-14-27/h3-6,8-11,18H,7,12-17H2,1-2H3,(H,25,29)(H,26,28). The van der Waals surface area contributed by atoms with E-state index < -0.39 is 10.0 Å². The Morgan fingerprint density at radius 3 is 2.15 bits per heavy atom. The van der Waals surface area contributed by atoms with Gasteiger partial charge in [0.25, 0.3) is 0 Å². The highest BCUT2D eigenvalue weighted by Crippen LogP contribution is 2.18. The number of ether oxygens (including phenoxy) is 1. The number of carbonyl (C=O) groups is 2. The molecule has 0 aliphatic carbocycles. The van der Waals surface area contributed by atoms with Crippen LogP contribution in [0, 0.1) is 0 Å². The summed E-state index contributed by atoms with van der Waals surface area (Å²) in [7, 11) is -3.52. The van der Waals surface area contributed by atoms with Crippen LogP contribution < -0.4 is 10.6 Å². The summed E-state index contributed by atoms with van der Waals surface area (Å²) in [6.07, 6.45) is 1.06. The molecule has 0 unspecified atom stereocenters. The number of rotatable bonds is 9. The van der Waals surface area contributed by atoms with E-state index in [-0.39, 0.29) is 29.2 Å². The smallest absolute Gasteiger partial charge is 0.243 e. The number of morpholine rings is 1. The van der Waals surface area contributed by atoms with Crippen LogP contribution in [0.25, 0.3) is 0 Å². The molecule has 0 atom stereocenters. The first-order chi connectivity index (χ1) is 15.7. The van der Waals surface area contributed by atoms with Crippen LogP contribution in [0.15, 0.2) is 53.4 Å². The molecule has 2 amide bonds. The van der Waals surface area contributed by atoms with Crippen LogP contribution in [0.4, 0.5) is 5.69 Å². The van der Waals surface area contributed by atoms with Crippen molar-refractivity contribution in [2.75, 3.05) is 31.6 Å². The summed E-state index contributed by atoms with van der Waals surface area (Å²) >= 11 is 0. The van der Waals surface area contributed by atoms with E-state index in [1.165, 1.54) is 4.31 Å². The van der Waals surface area contributed by atoms with Crippen molar-refractivity contribution in [3.05, 3.63) is 59.7 Å². The lowest BCUT2D eigenvalue weighted by molar-refractivity contribution is -0.121. The SMILES string of the molecule is CC(C)NC(=O)Cc1ccc(NC(=O)CCc2ccc(S(=O)(=O)N3CCOCC3)cc2)cc1. The third-order valence-electron chi connectivity index (χ3n) is 5.22. The molecule has 2 N–H and O–H groups in total. The summed E-state index contributed by atoms with van der Waals surface area (Å²) < 4.78 is 32.0. The van der Waals surface area contributed by atoms with Crippen LogP contribution in [0.2, 0.25) is 0 Å². The van der Waals surface area contributed by atoms with Crippen LogP contribution in [0.1, 0.15) is 31.4 Å². The van der Waals surface area contributed by atoms with Crippen LogP contribution in [0.3, 0.4) is 0 Å². The monoisotopic (exact) mass is 473 g/mol. The van der Waals surface area contributed by atoms with Crippen molar-refractivity contribution in [2.45, 2.75) is 44.0 Å². The van der Waals surface area contributed by atoms with Crippen molar-refractivity contribution in [1.82, 2.24) is 9.62 Å². The Balaban J connectivity index is 1.48. The number of carbonyl (C=O) groups excluding carboxylic acids is 2. The van der Waals surface area contributed by atoms with E-state index in [9.17, 15) is 18.0 Å². The molecule has 9 heteroatoms. The van der Waals surface area contributed by atoms with E-state index >= 15 is 0 Å². The van der Waals surface area contributed by atoms with Crippen LogP contribution in [0.5, 0.6) is 0 Å². The molecule has 0 spiro atoms. The Morgan fingerprint density at radius 1 is 0.939 bits per heavy atom. The molecule has 1 fully saturated rings. The number of hydrogen-bond donors (Lipinski definition) is 2. The predicted molar refractivity (Wildman–Crippen MR) is 126 cm³/mol. The number of sulfonamides is 1. The largest absolute Gasteiger partial charge is 0.379 e. The zero-order valence-corrected chi connectivity index (χ0v) is 19.9. The van der Waals surface area contributed by atoms with Crippen LogP contribution in [-0.2, 0) is 37.2 Å². The summed E-state index contributed by atoms with van der Waals surface area (Å²) in [6, 6.07) is 14.0. The topological polar surface area (TPSA) is 105 Å². The summed E-state index contributed by atoms with van der Waals surface area (Å²) in [4.78, 5) is 24.4. The number of nitrogens with zero attached hydrogens (tertiary/aromatic N) is 1. The van der Waals surface area contributed by atoms with E-state index in [2.05, 4.69) is 10.6 Å². The Labute approximate surface area is 195 Å². The third kappa shape index (κ3) is 7.38. The van der Waals surface area contributed by atoms with Gasteiger partial charge in [0.2, 0.25) is 21.8 Å². The predicted octanol–water partition coefficient (Wildman–Crippen LogP) is 2.35. The average molecular weight is 474 g/mol. The fraction of sp³-hybridized carbons (Fsp3) is 0.417. The normalized spacial score (nSPS) is 14.8. The summed E-state index contributed by atoms with van der Waals surface area (Å²) in [5.74, 6) is -0.170. The molecular weight excluding hydrogens is 442 g/mol. The van der Waals surface area contributed by atoms with Gasteiger partial charge < -0.3 is 15.4 Å². The van der Waals surface area contributed by atoms with E-state index in [4.69, 9.17) is 4.74 Å². The second-order valence-corrected chi connectivity index (χ2v) is 10.2. The van der Waals surface area contributed by atoms with E-state index in [1.807, 2.05) is 26.0 Å². The Hall–Kier alpha value is -2.75. The van der Waals surface area contributed by atoms with Crippen LogP contribution in [-0.4, -0.2) is 56.9 Å². The average Bonchev–Trinajstić information content (AvgIpc) is 2.79. The molecule has 8 nitrogen and oxygen atoms in total. The number of hydrogen-bond acceptors (Lipinski definition) is 5. The second-order valence-electron chi connectivity index (χ2n) is 8.30. The fourth-order valence-electron chi connectivity index (χ4n) is 3.51. The van der Waals surface area contributed by atoms with Crippen molar-refractivity contribution in [2.24, 2.45) is 0 Å². The zero-order chi connectivity index (χ0) is 23.8. The molecule has 3 rings (SSSR count). The van der Waals surface area contributed by atoms with Crippen molar-refractivity contribution < 1.29 is 22.7 Å². The van der Waals surface area contributed by atoms with Gasteiger partial charge in [0.15, 0.2) is 0 Å². The molecule has 1 aliphatic heterocycles. The van der Waals surface area contributed by atoms with Gasteiger partial charge >= 0.3 is 0 Å². The van der Waals surface area contributed by atoms with E-state index in [1.54, 1.807) is 36.4 Å². The first kappa shape index (κ1) is 24.9. The first-order valence-electron chi connectivity index (χ1n) is 11.1. The van der Waals surface area contributed by atoms with Crippen molar-refractivity contribution in [3.63, 3.8) is 0 Å². The quantitative estimate of drug-likeness (QED) is 0.582. The van der Waals surface area contributed by atoms with Gasteiger partial charge in [-0.1, -0.05) is 24.3 Å². The van der Waals surface area contributed by atoms with Gasteiger partial charge in [-0.3, -0.25) is 9.59 Å². The molecule has 0 radical (unpaired) electrons. The minimum atomic E-state index is -3.52. The number of amides is 2. The summed E-state index contributed by atoms with van der Waals surface area (Å²) in [5, 5.41) is 5.70. The molecule has 1 heterocycles. The van der Waals surface area contributed by atoms with Gasteiger partial charge in [-0.25, -0.2) is 8.42 Å².